The van der Waals surface area contributed by atoms with Crippen LogP contribution in [0, 0.1) is 6.92 Å². The lowest BCUT2D eigenvalue weighted by Gasteiger charge is -2.18. The van der Waals surface area contributed by atoms with E-state index in [1.807, 2.05) is 30.3 Å². The first kappa shape index (κ1) is 18.9. The van der Waals surface area contributed by atoms with Gasteiger partial charge in [-0.3, -0.25) is 4.98 Å². The number of ether oxygens (including phenoxy) is 2. The van der Waals surface area contributed by atoms with Crippen molar-refractivity contribution >= 4 is 0 Å². The Balaban J connectivity index is 1.55. The highest BCUT2D eigenvalue weighted by atomic mass is 16.5. The molecule has 3 rings (SSSR count). The van der Waals surface area contributed by atoms with E-state index < -0.39 is 0 Å². The average molecular weight is 362 g/mol. The fraction of sp³-hybridized carbons (Fsp3) is 0.261. The van der Waals surface area contributed by atoms with Gasteiger partial charge in [0.15, 0.2) is 0 Å². The Labute approximate surface area is 161 Å². The van der Waals surface area contributed by atoms with Crippen LogP contribution in [-0.4, -0.2) is 12.1 Å². The van der Waals surface area contributed by atoms with Crippen molar-refractivity contribution in [2.24, 2.45) is 0 Å². The molecule has 0 radical (unpaired) electrons. The fourth-order valence-corrected chi connectivity index (χ4v) is 2.92. The highest BCUT2D eigenvalue weighted by Gasteiger charge is 2.11. The average Bonchev–Trinajstić information content (AvgIpc) is 2.72. The van der Waals surface area contributed by atoms with Crippen LogP contribution in [0.2, 0.25) is 0 Å². The largest absolute Gasteiger partial charge is 0.496 e. The summed E-state index contributed by atoms with van der Waals surface area (Å²) < 4.78 is 11.3. The van der Waals surface area contributed by atoms with E-state index in [-0.39, 0.29) is 6.04 Å². The number of aryl methyl sites for hydroxylation is 1. The van der Waals surface area contributed by atoms with Crippen LogP contribution in [0.25, 0.3) is 0 Å². The first-order valence-corrected chi connectivity index (χ1v) is 9.14. The van der Waals surface area contributed by atoms with Crippen LogP contribution >= 0.6 is 0 Å². The third-order valence-electron chi connectivity index (χ3n) is 4.54. The van der Waals surface area contributed by atoms with Crippen molar-refractivity contribution in [2.75, 3.05) is 7.11 Å². The van der Waals surface area contributed by atoms with Crippen LogP contribution in [0.1, 0.15) is 35.2 Å². The van der Waals surface area contributed by atoms with Crippen molar-refractivity contribution in [3.05, 3.63) is 89.2 Å². The Morgan fingerprint density at radius 2 is 1.70 bits per heavy atom. The second-order valence-electron chi connectivity index (χ2n) is 6.64. The van der Waals surface area contributed by atoms with Gasteiger partial charge in [0.2, 0.25) is 0 Å². The summed E-state index contributed by atoms with van der Waals surface area (Å²) in [4.78, 5) is 4.01. The maximum atomic E-state index is 5.82. The highest BCUT2D eigenvalue weighted by Crippen LogP contribution is 2.26. The van der Waals surface area contributed by atoms with Gasteiger partial charge in [0.1, 0.15) is 18.1 Å². The monoisotopic (exact) mass is 362 g/mol. The summed E-state index contributed by atoms with van der Waals surface area (Å²) >= 11 is 0. The first-order chi connectivity index (χ1) is 13.2. The minimum absolute atomic E-state index is 0.197. The number of hydrogen-bond donors (Lipinski definition) is 1. The molecule has 2 aromatic carbocycles. The summed E-state index contributed by atoms with van der Waals surface area (Å²) in [5.41, 5.74) is 4.73. The molecule has 0 bridgehead atoms. The van der Waals surface area contributed by atoms with E-state index >= 15 is 0 Å². The summed E-state index contributed by atoms with van der Waals surface area (Å²) in [6, 6.07) is 18.6. The van der Waals surface area contributed by atoms with Crippen molar-refractivity contribution < 1.29 is 9.47 Å². The zero-order valence-electron chi connectivity index (χ0n) is 16.1. The first-order valence-electron chi connectivity index (χ1n) is 9.14. The molecule has 0 aliphatic carbocycles. The van der Waals surface area contributed by atoms with E-state index in [2.05, 4.69) is 48.4 Å². The Kier molecular flexibility index (Phi) is 6.44. The Bertz CT molecular complexity index is 848. The number of aromatic nitrogens is 1. The molecule has 4 heteroatoms. The van der Waals surface area contributed by atoms with E-state index in [9.17, 15) is 0 Å². The van der Waals surface area contributed by atoms with Gasteiger partial charge in [0.25, 0.3) is 0 Å². The molecule has 1 heterocycles. The molecule has 0 fully saturated rings. The highest BCUT2D eigenvalue weighted by molar-refractivity contribution is 5.39. The molecule has 0 unspecified atom stereocenters. The summed E-state index contributed by atoms with van der Waals surface area (Å²) in [5.74, 6) is 1.78. The standard InChI is InChI=1S/C23H26N2O2/c1-17-4-9-23(26-3)22(14-17)18(2)25-15-19-5-7-21(8-6-19)27-16-20-10-12-24-13-11-20/h4-14,18,25H,15-16H2,1-3H3/t18-/m1/s1. The summed E-state index contributed by atoms with van der Waals surface area (Å²) in [7, 11) is 1.71. The van der Waals surface area contributed by atoms with Gasteiger partial charge in [0, 0.05) is 30.5 Å². The van der Waals surface area contributed by atoms with Crippen molar-refractivity contribution in [3.8, 4) is 11.5 Å². The molecule has 140 valence electrons. The number of benzene rings is 2. The predicted molar refractivity (Wildman–Crippen MR) is 108 cm³/mol. The maximum Gasteiger partial charge on any atom is 0.123 e. The number of methoxy groups -OCH3 is 1. The lowest BCUT2D eigenvalue weighted by Crippen LogP contribution is -2.18. The van der Waals surface area contributed by atoms with E-state index in [0.29, 0.717) is 6.61 Å². The minimum Gasteiger partial charge on any atom is -0.496 e. The van der Waals surface area contributed by atoms with Gasteiger partial charge in [-0.25, -0.2) is 0 Å². The topological polar surface area (TPSA) is 43.4 Å². The third-order valence-corrected chi connectivity index (χ3v) is 4.54. The van der Waals surface area contributed by atoms with Crippen molar-refractivity contribution in [1.29, 1.82) is 0 Å². The van der Waals surface area contributed by atoms with Crippen molar-refractivity contribution in [3.63, 3.8) is 0 Å². The van der Waals surface area contributed by atoms with E-state index in [4.69, 9.17) is 9.47 Å². The number of rotatable bonds is 8. The van der Waals surface area contributed by atoms with Crippen molar-refractivity contribution in [2.45, 2.75) is 33.0 Å². The van der Waals surface area contributed by atoms with E-state index in [1.165, 1.54) is 16.7 Å². The maximum absolute atomic E-state index is 5.82. The van der Waals surface area contributed by atoms with Crippen LogP contribution in [0.5, 0.6) is 11.5 Å². The number of nitrogens with one attached hydrogen (secondary N) is 1. The molecule has 1 aromatic heterocycles. The van der Waals surface area contributed by atoms with Crippen LogP contribution in [0.15, 0.2) is 67.0 Å². The van der Waals surface area contributed by atoms with Gasteiger partial charge >= 0.3 is 0 Å². The Morgan fingerprint density at radius 1 is 0.963 bits per heavy atom. The van der Waals surface area contributed by atoms with Gasteiger partial charge in [-0.1, -0.05) is 29.8 Å². The Morgan fingerprint density at radius 3 is 2.41 bits per heavy atom. The summed E-state index contributed by atoms with van der Waals surface area (Å²) in [6.45, 7) is 5.58. The van der Waals surface area contributed by atoms with Gasteiger partial charge in [-0.15, -0.1) is 0 Å². The zero-order valence-corrected chi connectivity index (χ0v) is 16.1. The van der Waals surface area contributed by atoms with Gasteiger partial charge in [-0.05, 0) is 55.3 Å². The predicted octanol–water partition coefficient (Wildman–Crippen LogP) is 4.83. The van der Waals surface area contributed by atoms with Crippen LogP contribution in [0.3, 0.4) is 0 Å². The van der Waals surface area contributed by atoms with Gasteiger partial charge in [0.05, 0.1) is 7.11 Å². The summed E-state index contributed by atoms with van der Waals surface area (Å²) in [5, 5.41) is 3.57. The number of pyridine rings is 1. The normalized spacial score (nSPS) is 11.8. The quantitative estimate of drug-likeness (QED) is 0.623. The molecule has 0 spiro atoms. The molecule has 0 aliphatic heterocycles. The molecule has 1 N–H and O–H groups in total. The molecule has 0 saturated carbocycles. The molecule has 0 saturated heterocycles. The lowest BCUT2D eigenvalue weighted by molar-refractivity contribution is 0.306. The zero-order chi connectivity index (χ0) is 19.1. The lowest BCUT2D eigenvalue weighted by atomic mass is 10.0. The van der Waals surface area contributed by atoms with Crippen LogP contribution < -0.4 is 14.8 Å². The molecule has 4 nitrogen and oxygen atoms in total. The molecule has 0 amide bonds. The number of hydrogen-bond acceptors (Lipinski definition) is 4. The minimum atomic E-state index is 0.197. The molecule has 27 heavy (non-hydrogen) atoms. The molecular weight excluding hydrogens is 336 g/mol. The second kappa shape index (κ2) is 9.19. The smallest absolute Gasteiger partial charge is 0.123 e. The van der Waals surface area contributed by atoms with E-state index in [1.54, 1.807) is 19.5 Å². The molecule has 1 atom stereocenters. The molecule has 0 aliphatic rings. The van der Waals surface area contributed by atoms with Crippen molar-refractivity contribution in [1.82, 2.24) is 10.3 Å². The van der Waals surface area contributed by atoms with Gasteiger partial charge < -0.3 is 14.8 Å². The van der Waals surface area contributed by atoms with E-state index in [0.717, 1.165) is 23.6 Å². The van der Waals surface area contributed by atoms with Crippen LogP contribution in [-0.2, 0) is 13.2 Å². The Hall–Kier alpha value is -2.85. The fourth-order valence-electron chi connectivity index (χ4n) is 2.92. The number of nitrogens with zero attached hydrogens (tertiary/aromatic N) is 1. The summed E-state index contributed by atoms with van der Waals surface area (Å²) in [6.07, 6.45) is 3.55. The van der Waals surface area contributed by atoms with Crippen LogP contribution in [0.4, 0.5) is 0 Å². The molecule has 3 aromatic rings. The van der Waals surface area contributed by atoms with Gasteiger partial charge in [-0.2, -0.15) is 0 Å². The SMILES string of the molecule is COc1ccc(C)cc1[C@@H](C)NCc1ccc(OCc2ccncc2)cc1. The third kappa shape index (κ3) is 5.31. The second-order valence-corrected chi connectivity index (χ2v) is 6.64. The molecular formula is C23H26N2O2.